The number of hydrogen-bond acceptors (Lipinski definition) is 3. The lowest BCUT2D eigenvalue weighted by molar-refractivity contribution is -0.131. The number of para-hydroxylation sites is 2. The number of aryl methyl sites for hydroxylation is 1. The van der Waals surface area contributed by atoms with Crippen molar-refractivity contribution in [3.63, 3.8) is 0 Å². The van der Waals surface area contributed by atoms with E-state index in [9.17, 15) is 4.79 Å². The van der Waals surface area contributed by atoms with Crippen LogP contribution in [0.3, 0.4) is 0 Å². The Morgan fingerprint density at radius 1 is 1.12 bits per heavy atom. The van der Waals surface area contributed by atoms with E-state index in [1.165, 1.54) is 0 Å². The molecule has 0 saturated carbocycles. The molecule has 0 heterocycles. The van der Waals surface area contributed by atoms with Crippen LogP contribution in [-0.2, 0) is 17.6 Å². The number of likely N-dealkylation sites (N-methyl/N-ethyl adjacent to an activating group) is 1. The number of nitrogen functional groups attached to an aromatic ring is 1. The molecule has 1 unspecified atom stereocenters. The standard InChI is InChI=1S/C20H26N2O2/c1-15(14-17-9-5-7-11-19(17)24-3)22(2)20(23)13-12-16-8-4-6-10-18(16)21/h4-11,15H,12-14,21H2,1-3H3. The summed E-state index contributed by atoms with van der Waals surface area (Å²) in [4.78, 5) is 14.3. The Hall–Kier alpha value is -2.49. The van der Waals surface area contributed by atoms with Crippen molar-refractivity contribution in [2.75, 3.05) is 19.9 Å². The fraction of sp³-hybridized carbons (Fsp3) is 0.350. The van der Waals surface area contributed by atoms with E-state index in [0.29, 0.717) is 12.8 Å². The van der Waals surface area contributed by atoms with Crippen LogP contribution in [0.2, 0.25) is 0 Å². The smallest absolute Gasteiger partial charge is 0.222 e. The summed E-state index contributed by atoms with van der Waals surface area (Å²) < 4.78 is 5.39. The summed E-state index contributed by atoms with van der Waals surface area (Å²) in [7, 11) is 3.53. The van der Waals surface area contributed by atoms with E-state index in [1.54, 1.807) is 7.11 Å². The van der Waals surface area contributed by atoms with Crippen LogP contribution in [0, 0.1) is 0 Å². The van der Waals surface area contributed by atoms with Crippen LogP contribution in [0.1, 0.15) is 24.5 Å². The Balaban J connectivity index is 1.93. The van der Waals surface area contributed by atoms with E-state index >= 15 is 0 Å². The molecular weight excluding hydrogens is 300 g/mol. The van der Waals surface area contributed by atoms with Crippen molar-refractivity contribution in [1.29, 1.82) is 0 Å². The van der Waals surface area contributed by atoms with E-state index < -0.39 is 0 Å². The minimum absolute atomic E-state index is 0.0990. The highest BCUT2D eigenvalue weighted by atomic mass is 16.5. The van der Waals surface area contributed by atoms with Gasteiger partial charge in [0.15, 0.2) is 0 Å². The molecule has 2 N–H and O–H groups in total. The van der Waals surface area contributed by atoms with E-state index in [-0.39, 0.29) is 11.9 Å². The number of methoxy groups -OCH3 is 1. The van der Waals surface area contributed by atoms with Gasteiger partial charge in [0.05, 0.1) is 7.11 Å². The molecule has 2 aromatic rings. The lowest BCUT2D eigenvalue weighted by atomic mass is 10.0. The molecule has 0 fully saturated rings. The second kappa shape index (κ2) is 8.39. The highest BCUT2D eigenvalue weighted by molar-refractivity contribution is 5.76. The first-order valence-corrected chi connectivity index (χ1v) is 8.24. The third kappa shape index (κ3) is 4.51. The minimum atomic E-state index is 0.0990. The predicted molar refractivity (Wildman–Crippen MR) is 98.1 cm³/mol. The number of rotatable bonds is 7. The zero-order valence-corrected chi connectivity index (χ0v) is 14.7. The number of benzene rings is 2. The number of ether oxygens (including phenoxy) is 1. The second-order valence-electron chi connectivity index (χ2n) is 6.07. The van der Waals surface area contributed by atoms with Gasteiger partial charge < -0.3 is 15.4 Å². The van der Waals surface area contributed by atoms with Gasteiger partial charge in [0.2, 0.25) is 5.91 Å². The van der Waals surface area contributed by atoms with Gasteiger partial charge in [0.25, 0.3) is 0 Å². The summed E-state index contributed by atoms with van der Waals surface area (Å²) in [5.41, 5.74) is 8.82. The summed E-state index contributed by atoms with van der Waals surface area (Å²) in [5.74, 6) is 0.989. The van der Waals surface area contributed by atoms with Crippen LogP contribution in [-0.4, -0.2) is 31.0 Å². The molecule has 0 aliphatic heterocycles. The van der Waals surface area contributed by atoms with Gasteiger partial charge in [-0.25, -0.2) is 0 Å². The van der Waals surface area contributed by atoms with Crippen LogP contribution in [0.4, 0.5) is 5.69 Å². The molecule has 2 rings (SSSR count). The SMILES string of the molecule is COc1ccccc1CC(C)N(C)C(=O)CCc1ccccc1N. The summed E-state index contributed by atoms with van der Waals surface area (Å²) in [6.45, 7) is 2.06. The fourth-order valence-electron chi connectivity index (χ4n) is 2.75. The Morgan fingerprint density at radius 2 is 1.75 bits per heavy atom. The molecule has 4 heteroatoms. The number of amides is 1. The predicted octanol–water partition coefficient (Wildman–Crippen LogP) is 3.30. The lowest BCUT2D eigenvalue weighted by Gasteiger charge is -2.26. The van der Waals surface area contributed by atoms with Crippen molar-refractivity contribution in [2.24, 2.45) is 0 Å². The molecular formula is C20H26N2O2. The molecule has 0 bridgehead atoms. The normalized spacial score (nSPS) is 11.8. The Labute approximate surface area is 144 Å². The topological polar surface area (TPSA) is 55.6 Å². The number of carbonyl (C=O) groups is 1. The minimum Gasteiger partial charge on any atom is -0.496 e. The first kappa shape index (κ1) is 17.9. The molecule has 0 spiro atoms. The molecule has 1 atom stereocenters. The fourth-order valence-corrected chi connectivity index (χ4v) is 2.75. The third-order valence-corrected chi connectivity index (χ3v) is 4.43. The summed E-state index contributed by atoms with van der Waals surface area (Å²) in [6.07, 6.45) is 1.89. The van der Waals surface area contributed by atoms with Gasteiger partial charge >= 0.3 is 0 Å². The molecule has 0 aromatic heterocycles. The zero-order chi connectivity index (χ0) is 17.5. The monoisotopic (exact) mass is 326 g/mol. The average molecular weight is 326 g/mol. The van der Waals surface area contributed by atoms with Gasteiger partial charge in [-0.1, -0.05) is 36.4 Å². The van der Waals surface area contributed by atoms with Crippen molar-refractivity contribution in [3.8, 4) is 5.75 Å². The number of hydrogen-bond donors (Lipinski definition) is 1. The number of carbonyl (C=O) groups excluding carboxylic acids is 1. The van der Waals surface area contributed by atoms with E-state index in [4.69, 9.17) is 10.5 Å². The molecule has 128 valence electrons. The Morgan fingerprint density at radius 3 is 2.42 bits per heavy atom. The first-order chi connectivity index (χ1) is 11.5. The maximum atomic E-state index is 12.5. The summed E-state index contributed by atoms with van der Waals surface area (Å²) in [5, 5.41) is 0. The molecule has 24 heavy (non-hydrogen) atoms. The summed E-state index contributed by atoms with van der Waals surface area (Å²) >= 11 is 0. The van der Waals surface area contributed by atoms with E-state index in [1.807, 2.05) is 60.5 Å². The van der Waals surface area contributed by atoms with Gasteiger partial charge in [-0.2, -0.15) is 0 Å². The van der Waals surface area contributed by atoms with Crippen LogP contribution in [0.5, 0.6) is 5.75 Å². The van der Waals surface area contributed by atoms with Crippen molar-refractivity contribution in [1.82, 2.24) is 4.90 Å². The number of nitrogens with two attached hydrogens (primary N) is 1. The van der Waals surface area contributed by atoms with Crippen molar-refractivity contribution < 1.29 is 9.53 Å². The van der Waals surface area contributed by atoms with Crippen LogP contribution in [0.25, 0.3) is 0 Å². The van der Waals surface area contributed by atoms with Crippen molar-refractivity contribution >= 4 is 11.6 Å². The number of nitrogens with zero attached hydrogens (tertiary/aromatic N) is 1. The molecule has 1 amide bonds. The van der Waals surface area contributed by atoms with Gasteiger partial charge in [0, 0.05) is 25.2 Å². The largest absolute Gasteiger partial charge is 0.496 e. The lowest BCUT2D eigenvalue weighted by Crippen LogP contribution is -2.36. The maximum Gasteiger partial charge on any atom is 0.222 e. The Kier molecular flexibility index (Phi) is 6.24. The van der Waals surface area contributed by atoms with Crippen molar-refractivity contribution in [3.05, 3.63) is 59.7 Å². The molecule has 0 aliphatic rings. The third-order valence-electron chi connectivity index (χ3n) is 4.43. The van der Waals surface area contributed by atoms with E-state index in [0.717, 1.165) is 29.0 Å². The highest BCUT2D eigenvalue weighted by Crippen LogP contribution is 2.21. The Bertz CT molecular complexity index is 685. The van der Waals surface area contributed by atoms with E-state index in [2.05, 4.69) is 6.92 Å². The number of anilines is 1. The van der Waals surface area contributed by atoms with Crippen LogP contribution < -0.4 is 10.5 Å². The van der Waals surface area contributed by atoms with Gasteiger partial charge in [-0.3, -0.25) is 4.79 Å². The molecule has 0 radical (unpaired) electrons. The van der Waals surface area contributed by atoms with Gasteiger partial charge in [0.1, 0.15) is 5.75 Å². The summed E-state index contributed by atoms with van der Waals surface area (Å²) in [6, 6.07) is 15.7. The van der Waals surface area contributed by atoms with Crippen LogP contribution in [0.15, 0.2) is 48.5 Å². The molecule has 0 saturated heterocycles. The zero-order valence-electron chi connectivity index (χ0n) is 14.7. The average Bonchev–Trinajstić information content (AvgIpc) is 2.60. The molecule has 0 aliphatic carbocycles. The second-order valence-corrected chi connectivity index (χ2v) is 6.07. The van der Waals surface area contributed by atoms with Crippen LogP contribution >= 0.6 is 0 Å². The quantitative estimate of drug-likeness (QED) is 0.794. The molecule has 2 aromatic carbocycles. The van der Waals surface area contributed by atoms with Gasteiger partial charge in [-0.15, -0.1) is 0 Å². The molecule has 4 nitrogen and oxygen atoms in total. The maximum absolute atomic E-state index is 12.5. The highest BCUT2D eigenvalue weighted by Gasteiger charge is 2.17. The van der Waals surface area contributed by atoms with Gasteiger partial charge in [-0.05, 0) is 43.0 Å². The van der Waals surface area contributed by atoms with Crippen molar-refractivity contribution in [2.45, 2.75) is 32.2 Å². The first-order valence-electron chi connectivity index (χ1n) is 8.24.